The molecule has 0 saturated carbocycles. The molecule has 3 heteroatoms. The summed E-state index contributed by atoms with van der Waals surface area (Å²) in [7, 11) is 0. The normalized spacial score (nSPS) is 10.6. The van der Waals surface area contributed by atoms with E-state index < -0.39 is 0 Å². The van der Waals surface area contributed by atoms with Crippen molar-refractivity contribution in [1.29, 1.82) is 0 Å². The average molecular weight is 270 g/mol. The summed E-state index contributed by atoms with van der Waals surface area (Å²) in [5.41, 5.74) is 1.21. The van der Waals surface area contributed by atoms with Crippen LogP contribution in [0.4, 0.5) is 0 Å². The lowest BCUT2D eigenvalue weighted by molar-refractivity contribution is 0.317. The van der Waals surface area contributed by atoms with Gasteiger partial charge in [-0.25, -0.2) is 0 Å². The Morgan fingerprint density at radius 3 is 2.67 bits per heavy atom. The molecule has 0 aliphatic heterocycles. The molecular weight excluding hydrogens is 246 g/mol. The quantitative estimate of drug-likeness (QED) is 0.671. The molecule has 0 aromatic heterocycles. The van der Waals surface area contributed by atoms with Crippen LogP contribution >= 0.6 is 11.6 Å². The largest absolute Gasteiger partial charge is 0.492 e. The number of benzene rings is 1. The van der Waals surface area contributed by atoms with Gasteiger partial charge in [-0.3, -0.25) is 0 Å². The zero-order chi connectivity index (χ0) is 13.2. The van der Waals surface area contributed by atoms with Crippen molar-refractivity contribution in [2.75, 3.05) is 13.2 Å². The van der Waals surface area contributed by atoms with E-state index in [9.17, 15) is 0 Å². The molecule has 102 valence electrons. The monoisotopic (exact) mass is 269 g/mol. The summed E-state index contributed by atoms with van der Waals surface area (Å²) in [5, 5.41) is 4.13. The first-order valence-corrected chi connectivity index (χ1v) is 7.27. The fraction of sp³-hybridized carbons (Fsp3) is 0.600. The second-order valence-corrected chi connectivity index (χ2v) is 4.90. The zero-order valence-corrected chi connectivity index (χ0v) is 12.2. The van der Waals surface area contributed by atoms with Crippen LogP contribution in [0.1, 0.15) is 45.1 Å². The van der Waals surface area contributed by atoms with Gasteiger partial charge >= 0.3 is 0 Å². The Morgan fingerprint density at radius 1 is 1.17 bits per heavy atom. The first kappa shape index (κ1) is 15.3. The van der Waals surface area contributed by atoms with Gasteiger partial charge in [-0.1, -0.05) is 44.4 Å². The van der Waals surface area contributed by atoms with E-state index in [1.54, 1.807) is 0 Å². The third-order valence-corrected chi connectivity index (χ3v) is 3.04. The Bertz CT molecular complexity index is 341. The molecule has 0 aliphatic carbocycles. The second-order valence-electron chi connectivity index (χ2n) is 4.50. The number of halogens is 1. The highest BCUT2D eigenvalue weighted by atomic mass is 35.5. The smallest absolute Gasteiger partial charge is 0.137 e. The minimum atomic E-state index is 0.705. The summed E-state index contributed by atoms with van der Waals surface area (Å²) < 4.78 is 5.55. The molecule has 2 nitrogen and oxygen atoms in total. The lowest BCUT2D eigenvalue weighted by Gasteiger charge is -2.09. The molecule has 0 radical (unpaired) electrons. The number of hydrogen-bond acceptors (Lipinski definition) is 2. The Balaban J connectivity index is 2.36. The van der Waals surface area contributed by atoms with Gasteiger partial charge in [-0.2, -0.15) is 0 Å². The number of hydrogen-bond donors (Lipinski definition) is 1. The van der Waals surface area contributed by atoms with Gasteiger partial charge in [0.2, 0.25) is 0 Å². The van der Waals surface area contributed by atoms with E-state index in [1.807, 2.05) is 12.1 Å². The zero-order valence-electron chi connectivity index (χ0n) is 11.5. The van der Waals surface area contributed by atoms with Crippen molar-refractivity contribution >= 4 is 11.6 Å². The van der Waals surface area contributed by atoms with Crippen molar-refractivity contribution in [1.82, 2.24) is 5.32 Å². The fourth-order valence-electron chi connectivity index (χ4n) is 1.72. The summed E-state index contributed by atoms with van der Waals surface area (Å²) in [6, 6.07) is 6.02. The van der Waals surface area contributed by atoms with E-state index in [2.05, 4.69) is 25.2 Å². The van der Waals surface area contributed by atoms with Crippen LogP contribution in [0.25, 0.3) is 0 Å². The first-order chi connectivity index (χ1) is 8.77. The molecule has 0 aliphatic rings. The molecule has 0 unspecified atom stereocenters. The summed E-state index contributed by atoms with van der Waals surface area (Å²) in [4.78, 5) is 0. The predicted octanol–water partition coefficient (Wildman–Crippen LogP) is 4.41. The Kier molecular flexibility index (Phi) is 7.86. The van der Waals surface area contributed by atoms with Gasteiger partial charge in [0.05, 0.1) is 11.6 Å². The van der Waals surface area contributed by atoms with Crippen molar-refractivity contribution in [3.8, 4) is 5.75 Å². The summed E-state index contributed by atoms with van der Waals surface area (Å²) in [5.74, 6) is 0.785. The van der Waals surface area contributed by atoms with Crippen LogP contribution < -0.4 is 10.1 Å². The molecule has 18 heavy (non-hydrogen) atoms. The Hall–Kier alpha value is -0.730. The van der Waals surface area contributed by atoms with Crippen molar-refractivity contribution < 1.29 is 4.74 Å². The van der Waals surface area contributed by atoms with E-state index in [4.69, 9.17) is 16.3 Å². The summed E-state index contributed by atoms with van der Waals surface area (Å²) >= 11 is 6.17. The van der Waals surface area contributed by atoms with E-state index in [-0.39, 0.29) is 0 Å². The molecule has 1 aromatic carbocycles. The Labute approximate surface area is 116 Å². The van der Waals surface area contributed by atoms with Gasteiger partial charge in [0.25, 0.3) is 0 Å². The van der Waals surface area contributed by atoms with Crippen molar-refractivity contribution in [3.63, 3.8) is 0 Å². The fourth-order valence-corrected chi connectivity index (χ4v) is 1.97. The van der Waals surface area contributed by atoms with Crippen molar-refractivity contribution in [2.24, 2.45) is 0 Å². The van der Waals surface area contributed by atoms with Crippen LogP contribution in [-0.2, 0) is 6.54 Å². The van der Waals surface area contributed by atoms with Gasteiger partial charge in [0.1, 0.15) is 5.75 Å². The maximum absolute atomic E-state index is 6.17. The van der Waals surface area contributed by atoms with Crippen LogP contribution in [0.15, 0.2) is 18.2 Å². The number of ether oxygens (including phenoxy) is 1. The molecular formula is C15H24ClNO. The molecule has 0 spiro atoms. The average Bonchev–Trinajstić information content (AvgIpc) is 2.37. The topological polar surface area (TPSA) is 21.3 Å². The molecule has 0 heterocycles. The molecule has 0 fully saturated rings. The summed E-state index contributed by atoms with van der Waals surface area (Å²) in [6.45, 7) is 6.96. The third kappa shape index (κ3) is 5.74. The van der Waals surface area contributed by atoms with Crippen LogP contribution in [0.3, 0.4) is 0 Å². The predicted molar refractivity (Wildman–Crippen MR) is 78.5 cm³/mol. The second kappa shape index (κ2) is 9.23. The maximum Gasteiger partial charge on any atom is 0.137 e. The lowest BCUT2D eigenvalue weighted by atomic mass is 10.2. The first-order valence-electron chi connectivity index (χ1n) is 6.89. The molecule has 1 rings (SSSR count). The molecule has 1 aromatic rings. The Morgan fingerprint density at radius 2 is 2.00 bits per heavy atom. The molecule has 0 atom stereocenters. The van der Waals surface area contributed by atoms with E-state index in [0.717, 1.165) is 25.3 Å². The van der Waals surface area contributed by atoms with E-state index in [1.165, 1.54) is 24.8 Å². The van der Waals surface area contributed by atoms with E-state index in [0.29, 0.717) is 11.6 Å². The van der Waals surface area contributed by atoms with Crippen LogP contribution in [0, 0.1) is 0 Å². The van der Waals surface area contributed by atoms with Gasteiger partial charge in [0, 0.05) is 6.54 Å². The van der Waals surface area contributed by atoms with Gasteiger partial charge in [-0.05, 0) is 37.1 Å². The van der Waals surface area contributed by atoms with Crippen LogP contribution in [0.2, 0.25) is 5.02 Å². The third-order valence-electron chi connectivity index (χ3n) is 2.74. The number of rotatable bonds is 9. The molecule has 0 bridgehead atoms. The van der Waals surface area contributed by atoms with Gasteiger partial charge in [0.15, 0.2) is 0 Å². The lowest BCUT2D eigenvalue weighted by Crippen LogP contribution is -2.14. The molecule has 0 saturated heterocycles. The number of nitrogens with one attached hydrogen (secondary N) is 1. The summed E-state index contributed by atoms with van der Waals surface area (Å²) in [6.07, 6.45) is 4.79. The molecule has 0 amide bonds. The van der Waals surface area contributed by atoms with Gasteiger partial charge in [-0.15, -0.1) is 0 Å². The highest BCUT2D eigenvalue weighted by molar-refractivity contribution is 6.32. The van der Waals surface area contributed by atoms with Crippen LogP contribution in [-0.4, -0.2) is 13.2 Å². The number of unbranched alkanes of at least 4 members (excludes halogenated alkanes) is 2. The standard InChI is InChI=1S/C15H24ClNO/c1-3-5-6-9-17-12-13-7-8-15(14(16)11-13)18-10-4-2/h7-8,11,17H,3-6,9-10,12H2,1-2H3. The maximum atomic E-state index is 6.17. The minimum absolute atomic E-state index is 0.705. The van der Waals surface area contributed by atoms with Crippen molar-refractivity contribution in [3.05, 3.63) is 28.8 Å². The highest BCUT2D eigenvalue weighted by Crippen LogP contribution is 2.25. The van der Waals surface area contributed by atoms with E-state index >= 15 is 0 Å². The molecule has 1 N–H and O–H groups in total. The van der Waals surface area contributed by atoms with Gasteiger partial charge < -0.3 is 10.1 Å². The van der Waals surface area contributed by atoms with Crippen LogP contribution in [0.5, 0.6) is 5.75 Å². The van der Waals surface area contributed by atoms with Crippen molar-refractivity contribution in [2.45, 2.75) is 46.1 Å². The minimum Gasteiger partial charge on any atom is -0.492 e. The highest BCUT2D eigenvalue weighted by Gasteiger charge is 2.02. The SMILES string of the molecule is CCCCCNCc1ccc(OCCC)c(Cl)c1.